The number of anilines is 1. The number of alkyl halides is 6. The van der Waals surface area contributed by atoms with Crippen molar-refractivity contribution in [1.29, 1.82) is 0 Å². The van der Waals surface area contributed by atoms with Gasteiger partial charge in [-0.3, -0.25) is 9.59 Å². The lowest BCUT2D eigenvalue weighted by molar-refractivity contribution is -0.141. The molecule has 3 saturated carbocycles. The van der Waals surface area contributed by atoms with Crippen molar-refractivity contribution in [1.82, 2.24) is 0 Å². The van der Waals surface area contributed by atoms with Crippen LogP contribution in [0.1, 0.15) is 63.5 Å². The Balaban J connectivity index is 1.40. The molecule has 0 bridgehead atoms. The van der Waals surface area contributed by atoms with Crippen molar-refractivity contribution in [2.24, 2.45) is 34.5 Å². The summed E-state index contributed by atoms with van der Waals surface area (Å²) in [5.74, 6) is -0.359. The van der Waals surface area contributed by atoms with Crippen molar-refractivity contribution in [3.63, 3.8) is 0 Å². The van der Waals surface area contributed by atoms with Gasteiger partial charge in [0.1, 0.15) is 0 Å². The number of halogens is 6. The summed E-state index contributed by atoms with van der Waals surface area (Å²) < 4.78 is 80.4. The molecule has 1 aliphatic heterocycles. The summed E-state index contributed by atoms with van der Waals surface area (Å²) in [4.78, 5) is 25.4. The molecule has 1 unspecified atom stereocenters. The van der Waals surface area contributed by atoms with Crippen LogP contribution in [0.5, 0.6) is 0 Å². The van der Waals surface area contributed by atoms with Crippen LogP contribution in [0, 0.1) is 34.5 Å². The van der Waals surface area contributed by atoms with E-state index in [1.165, 1.54) is 11.8 Å². The fraction of sp³-hybridized carbons (Fsp3) is 0.630. The second-order valence-corrected chi connectivity index (χ2v) is 12.7. The summed E-state index contributed by atoms with van der Waals surface area (Å²) in [6.07, 6.45) is -1.42. The molecule has 5 rings (SSSR count). The van der Waals surface area contributed by atoms with Crippen LogP contribution in [-0.4, -0.2) is 16.3 Å². The number of amides is 1. The molecule has 3 fully saturated rings. The highest BCUT2D eigenvalue weighted by molar-refractivity contribution is 8.14. The number of nitrogens with one attached hydrogen (secondary N) is 1. The predicted octanol–water partition coefficient (Wildman–Crippen LogP) is 7.72. The molecule has 10 heteroatoms. The number of rotatable bonds is 2. The van der Waals surface area contributed by atoms with Gasteiger partial charge < -0.3 is 5.32 Å². The summed E-state index contributed by atoms with van der Waals surface area (Å²) >= 11 is 1.40. The van der Waals surface area contributed by atoms with E-state index >= 15 is 0 Å². The molecule has 37 heavy (non-hydrogen) atoms. The molecule has 0 radical (unpaired) electrons. The van der Waals surface area contributed by atoms with E-state index in [1.807, 2.05) is 6.92 Å². The Morgan fingerprint density at radius 2 is 1.70 bits per heavy atom. The average molecular weight is 546 g/mol. The van der Waals surface area contributed by atoms with Gasteiger partial charge in [-0.1, -0.05) is 31.7 Å². The molecule has 0 spiro atoms. The van der Waals surface area contributed by atoms with Crippen molar-refractivity contribution in [3.8, 4) is 0 Å². The van der Waals surface area contributed by atoms with Crippen molar-refractivity contribution in [2.75, 3.05) is 5.32 Å². The second-order valence-electron chi connectivity index (χ2n) is 11.5. The maximum Gasteiger partial charge on any atom is 0.418 e. The molecule has 1 N–H and O–H groups in total. The fourth-order valence-electron chi connectivity index (χ4n) is 7.92. The molecule has 1 aromatic rings. The molecule has 4 aliphatic rings. The Bertz CT molecular complexity index is 1150. The first-order valence-electron chi connectivity index (χ1n) is 12.6. The van der Waals surface area contributed by atoms with Crippen LogP contribution >= 0.6 is 11.8 Å². The second kappa shape index (κ2) is 8.78. The summed E-state index contributed by atoms with van der Waals surface area (Å²) in [6, 6.07) is 1.14. The van der Waals surface area contributed by atoms with Gasteiger partial charge in [0, 0.05) is 16.6 Å². The Hall–Kier alpha value is -1.97. The molecule has 1 heterocycles. The number of hydrogen-bond acceptors (Lipinski definition) is 3. The van der Waals surface area contributed by atoms with Crippen LogP contribution in [0.3, 0.4) is 0 Å². The molecule has 0 aromatic heterocycles. The van der Waals surface area contributed by atoms with Gasteiger partial charge in [-0.05, 0) is 86.0 Å². The van der Waals surface area contributed by atoms with Crippen molar-refractivity contribution >= 4 is 28.5 Å². The number of thioether (sulfide) groups is 1. The first kappa shape index (κ1) is 26.6. The Kier molecular flexibility index (Phi) is 6.32. The number of hydrogen-bond donors (Lipinski definition) is 1. The molecular formula is C27H29F6NO2S. The van der Waals surface area contributed by atoms with Gasteiger partial charge in [-0.2, -0.15) is 26.3 Å². The number of benzene rings is 1. The smallest absolute Gasteiger partial charge is 0.325 e. The highest BCUT2D eigenvalue weighted by Gasteiger charge is 2.61. The van der Waals surface area contributed by atoms with E-state index in [1.54, 1.807) is 6.08 Å². The van der Waals surface area contributed by atoms with Gasteiger partial charge in [-0.15, -0.1) is 0 Å². The Morgan fingerprint density at radius 1 is 0.973 bits per heavy atom. The molecule has 1 amide bonds. The first-order valence-corrected chi connectivity index (χ1v) is 13.5. The van der Waals surface area contributed by atoms with Crippen LogP contribution in [0.15, 0.2) is 30.4 Å². The van der Waals surface area contributed by atoms with Crippen LogP contribution < -0.4 is 5.32 Å². The third kappa shape index (κ3) is 4.40. The number of carbonyl (C=O) groups is 2. The molecule has 202 valence electrons. The number of allylic oxidation sites excluding steroid dienone is 1. The van der Waals surface area contributed by atoms with Gasteiger partial charge in [0.15, 0.2) is 0 Å². The lowest BCUT2D eigenvalue weighted by Gasteiger charge is -2.58. The Labute approximate surface area is 215 Å². The molecule has 3 aliphatic carbocycles. The summed E-state index contributed by atoms with van der Waals surface area (Å²) in [5.41, 5.74) is -3.96. The maximum absolute atomic E-state index is 13.6. The van der Waals surface area contributed by atoms with E-state index in [9.17, 15) is 35.9 Å². The van der Waals surface area contributed by atoms with Gasteiger partial charge in [0.25, 0.3) is 0 Å². The summed E-state index contributed by atoms with van der Waals surface area (Å²) in [6.45, 7) is 4.23. The van der Waals surface area contributed by atoms with Gasteiger partial charge in [-0.25, -0.2) is 0 Å². The van der Waals surface area contributed by atoms with E-state index in [2.05, 4.69) is 18.3 Å². The third-order valence-corrected chi connectivity index (χ3v) is 11.2. The van der Waals surface area contributed by atoms with Gasteiger partial charge >= 0.3 is 12.4 Å². The van der Waals surface area contributed by atoms with Crippen molar-refractivity contribution in [3.05, 3.63) is 41.5 Å². The highest BCUT2D eigenvalue weighted by atomic mass is 32.2. The van der Waals surface area contributed by atoms with Crippen LogP contribution in [-0.2, 0) is 21.9 Å². The zero-order chi connectivity index (χ0) is 27.0. The largest absolute Gasteiger partial charge is 0.418 e. The Morgan fingerprint density at radius 3 is 2.38 bits per heavy atom. The van der Waals surface area contributed by atoms with Crippen molar-refractivity contribution < 1.29 is 35.9 Å². The van der Waals surface area contributed by atoms with E-state index in [0.29, 0.717) is 42.9 Å². The van der Waals surface area contributed by atoms with Gasteiger partial charge in [0.2, 0.25) is 11.0 Å². The van der Waals surface area contributed by atoms with E-state index < -0.39 is 46.4 Å². The maximum atomic E-state index is 13.6. The standard InChI is InChI=1S/C27H29F6NO2S/c1-24-11-9-17-15(4-8-21-25(17,2)12-10-22(35)37-21)16(24)6-7-19(24)23(36)34-20-13-14(26(28,29)30)3-5-18(20)27(31,32)33/h3,5,10,12-13,15-17,19,21H,4,6-9,11H2,1-2H3,(H,34,36)/t15-,16-,17-,19+,21?,24-,25+/m0/s1. The lowest BCUT2D eigenvalue weighted by atomic mass is 9.49. The minimum absolute atomic E-state index is 0.0759. The molecule has 0 saturated heterocycles. The molecule has 7 atom stereocenters. The van der Waals surface area contributed by atoms with E-state index in [0.717, 1.165) is 25.7 Å². The zero-order valence-corrected chi connectivity index (χ0v) is 21.3. The fourth-order valence-corrected chi connectivity index (χ4v) is 9.11. The van der Waals surface area contributed by atoms with Crippen LogP contribution in [0.25, 0.3) is 0 Å². The highest BCUT2D eigenvalue weighted by Crippen LogP contribution is 2.66. The lowest BCUT2D eigenvalue weighted by Crippen LogP contribution is -2.53. The first-order chi connectivity index (χ1) is 17.1. The number of fused-ring (bicyclic) bond motifs is 5. The van der Waals surface area contributed by atoms with Crippen LogP contribution in [0.2, 0.25) is 0 Å². The van der Waals surface area contributed by atoms with Crippen molar-refractivity contribution in [2.45, 2.75) is 70.0 Å². The monoisotopic (exact) mass is 545 g/mol. The van der Waals surface area contributed by atoms with E-state index in [-0.39, 0.29) is 21.7 Å². The molecular weight excluding hydrogens is 516 g/mol. The minimum atomic E-state index is -4.91. The SMILES string of the molecule is C[C@]12CC[C@H]3[C@@H](CCC4SC(=O)C=C[C@@]43C)[C@@H]1CC[C@@H]2C(=O)Nc1cc(C(F)(F)F)ccc1C(F)(F)F. The predicted molar refractivity (Wildman–Crippen MR) is 128 cm³/mol. The third-order valence-electron chi connectivity index (χ3n) is 9.76. The van der Waals surface area contributed by atoms with Gasteiger partial charge in [0.05, 0.1) is 16.8 Å². The normalized spacial score (nSPS) is 37.5. The number of carbonyl (C=O) groups excluding carboxylic acids is 2. The summed E-state index contributed by atoms with van der Waals surface area (Å²) in [5, 5.41) is 2.54. The van der Waals surface area contributed by atoms with Crippen LogP contribution in [0.4, 0.5) is 32.0 Å². The minimum Gasteiger partial charge on any atom is -0.325 e. The zero-order valence-electron chi connectivity index (χ0n) is 20.5. The topological polar surface area (TPSA) is 46.2 Å². The summed E-state index contributed by atoms with van der Waals surface area (Å²) in [7, 11) is 0. The average Bonchev–Trinajstić information content (AvgIpc) is 3.15. The van der Waals surface area contributed by atoms with E-state index in [4.69, 9.17) is 0 Å². The molecule has 3 nitrogen and oxygen atoms in total. The molecule has 1 aromatic carbocycles. The quantitative estimate of drug-likeness (QED) is 0.387.